The number of rotatable bonds is 1. The van der Waals surface area contributed by atoms with E-state index < -0.39 is 0 Å². The smallest absolute Gasteiger partial charge is 0.224 e. The van der Waals surface area contributed by atoms with Crippen molar-refractivity contribution in [2.75, 3.05) is 24.7 Å². The van der Waals surface area contributed by atoms with Crippen molar-refractivity contribution in [1.29, 1.82) is 0 Å². The number of nitrogens with two attached hydrogens (primary N) is 1. The van der Waals surface area contributed by atoms with E-state index >= 15 is 0 Å². The first-order chi connectivity index (χ1) is 4.70. The van der Waals surface area contributed by atoms with Crippen LogP contribution in [-0.2, 0) is 0 Å². The predicted octanol–water partition coefficient (Wildman–Crippen LogP) is 0.125. The Balaban J connectivity index is 2.89. The first kappa shape index (κ1) is 6.80. The van der Waals surface area contributed by atoms with Crippen LogP contribution in [0.2, 0.25) is 0 Å². The van der Waals surface area contributed by atoms with Gasteiger partial charge >= 0.3 is 0 Å². The van der Waals surface area contributed by atoms with Crippen molar-refractivity contribution in [3.05, 3.63) is 12.4 Å². The van der Waals surface area contributed by atoms with Crippen LogP contribution in [0.4, 0.5) is 11.6 Å². The Morgan fingerprint density at radius 1 is 1.30 bits per heavy atom. The van der Waals surface area contributed by atoms with Gasteiger partial charge in [0.05, 0.1) is 18.1 Å². The third kappa shape index (κ3) is 1.34. The zero-order valence-electron chi connectivity index (χ0n) is 6.07. The monoisotopic (exact) mass is 138 g/mol. The van der Waals surface area contributed by atoms with Crippen LogP contribution in [0, 0.1) is 0 Å². The first-order valence-corrected chi connectivity index (χ1v) is 2.95. The second kappa shape index (κ2) is 2.51. The summed E-state index contributed by atoms with van der Waals surface area (Å²) in [5.41, 5.74) is 5.97. The van der Waals surface area contributed by atoms with Gasteiger partial charge in [0.2, 0.25) is 5.95 Å². The second-order valence-corrected chi connectivity index (χ2v) is 2.21. The Bertz CT molecular complexity index is 203. The molecule has 1 aromatic rings. The van der Waals surface area contributed by atoms with Gasteiger partial charge in [-0.05, 0) is 0 Å². The minimum atomic E-state index is 0.589. The topological polar surface area (TPSA) is 55.0 Å². The Hall–Kier alpha value is -1.32. The maximum atomic E-state index is 5.38. The lowest BCUT2D eigenvalue weighted by Crippen LogP contribution is -2.12. The summed E-state index contributed by atoms with van der Waals surface area (Å²) < 4.78 is 0. The Morgan fingerprint density at radius 3 is 2.20 bits per heavy atom. The molecule has 1 rings (SSSR count). The fourth-order valence-corrected chi connectivity index (χ4v) is 0.562. The number of hydrogen-bond acceptors (Lipinski definition) is 4. The molecule has 0 bridgehead atoms. The molecule has 0 radical (unpaired) electrons. The van der Waals surface area contributed by atoms with Crippen molar-refractivity contribution in [3.63, 3.8) is 0 Å². The number of anilines is 2. The summed E-state index contributed by atoms with van der Waals surface area (Å²) >= 11 is 0. The van der Waals surface area contributed by atoms with Crippen molar-refractivity contribution in [1.82, 2.24) is 9.97 Å². The lowest BCUT2D eigenvalue weighted by molar-refractivity contribution is 1.00. The van der Waals surface area contributed by atoms with Gasteiger partial charge in [-0.2, -0.15) is 0 Å². The standard InChI is InChI=1S/C6H10N4/c1-10(2)6-8-3-5(7)4-9-6/h3-4H,7H2,1-2H3. The zero-order chi connectivity index (χ0) is 7.56. The highest BCUT2D eigenvalue weighted by Gasteiger charge is 1.94. The van der Waals surface area contributed by atoms with Crippen LogP contribution in [0.1, 0.15) is 0 Å². The van der Waals surface area contributed by atoms with Crippen LogP contribution in [0.25, 0.3) is 0 Å². The van der Waals surface area contributed by atoms with Crippen molar-refractivity contribution in [2.45, 2.75) is 0 Å². The summed E-state index contributed by atoms with van der Waals surface area (Å²) in [6, 6.07) is 0. The van der Waals surface area contributed by atoms with Crippen molar-refractivity contribution >= 4 is 11.6 Å². The summed E-state index contributed by atoms with van der Waals surface area (Å²) in [5.74, 6) is 0.675. The minimum absolute atomic E-state index is 0.589. The fourth-order valence-electron chi connectivity index (χ4n) is 0.562. The third-order valence-electron chi connectivity index (χ3n) is 1.06. The zero-order valence-corrected chi connectivity index (χ0v) is 6.07. The summed E-state index contributed by atoms with van der Waals surface area (Å²) in [5, 5.41) is 0. The molecule has 10 heavy (non-hydrogen) atoms. The van der Waals surface area contributed by atoms with E-state index in [1.807, 2.05) is 19.0 Å². The van der Waals surface area contributed by atoms with Gasteiger partial charge in [0.25, 0.3) is 0 Å². The molecular weight excluding hydrogens is 128 g/mol. The average Bonchev–Trinajstić information content (AvgIpc) is 1.88. The van der Waals surface area contributed by atoms with Crippen molar-refractivity contribution in [3.8, 4) is 0 Å². The summed E-state index contributed by atoms with van der Waals surface area (Å²) in [6.45, 7) is 0. The van der Waals surface area contributed by atoms with E-state index in [9.17, 15) is 0 Å². The van der Waals surface area contributed by atoms with Crippen LogP contribution in [-0.4, -0.2) is 24.1 Å². The molecular formula is C6H10N4. The molecule has 0 aliphatic carbocycles. The van der Waals surface area contributed by atoms with Gasteiger partial charge in [-0.3, -0.25) is 0 Å². The molecule has 0 saturated carbocycles. The van der Waals surface area contributed by atoms with Gasteiger partial charge in [-0.1, -0.05) is 0 Å². The van der Waals surface area contributed by atoms with Gasteiger partial charge in [-0.15, -0.1) is 0 Å². The van der Waals surface area contributed by atoms with Gasteiger partial charge in [-0.25, -0.2) is 9.97 Å². The summed E-state index contributed by atoms with van der Waals surface area (Å²) in [6.07, 6.45) is 3.17. The molecule has 0 unspecified atom stereocenters. The third-order valence-corrected chi connectivity index (χ3v) is 1.06. The van der Waals surface area contributed by atoms with Crippen LogP contribution >= 0.6 is 0 Å². The molecule has 1 aromatic heterocycles. The quantitative estimate of drug-likeness (QED) is 0.599. The van der Waals surface area contributed by atoms with Gasteiger partial charge in [0.15, 0.2) is 0 Å². The molecule has 54 valence electrons. The average molecular weight is 138 g/mol. The maximum Gasteiger partial charge on any atom is 0.224 e. The molecule has 0 atom stereocenters. The van der Waals surface area contributed by atoms with Gasteiger partial charge < -0.3 is 10.6 Å². The van der Waals surface area contributed by atoms with E-state index in [0.29, 0.717) is 11.6 Å². The number of nitrogen functional groups attached to an aromatic ring is 1. The van der Waals surface area contributed by atoms with Crippen LogP contribution < -0.4 is 10.6 Å². The molecule has 0 aliphatic rings. The van der Waals surface area contributed by atoms with Crippen molar-refractivity contribution < 1.29 is 0 Å². The molecule has 0 aromatic carbocycles. The molecule has 0 aliphatic heterocycles. The van der Waals surface area contributed by atoms with Crippen LogP contribution in [0.15, 0.2) is 12.4 Å². The van der Waals surface area contributed by atoms with E-state index in [-0.39, 0.29) is 0 Å². The number of nitrogens with zero attached hydrogens (tertiary/aromatic N) is 3. The molecule has 2 N–H and O–H groups in total. The lowest BCUT2D eigenvalue weighted by Gasteiger charge is -2.07. The van der Waals surface area contributed by atoms with E-state index in [1.165, 1.54) is 0 Å². The molecule has 0 amide bonds. The molecule has 0 saturated heterocycles. The Kier molecular flexibility index (Phi) is 1.71. The number of hydrogen-bond donors (Lipinski definition) is 1. The first-order valence-electron chi connectivity index (χ1n) is 2.95. The summed E-state index contributed by atoms with van der Waals surface area (Å²) in [4.78, 5) is 9.75. The largest absolute Gasteiger partial charge is 0.396 e. The molecule has 4 nitrogen and oxygen atoms in total. The highest BCUT2D eigenvalue weighted by Crippen LogP contribution is 2.02. The summed E-state index contributed by atoms with van der Waals surface area (Å²) in [7, 11) is 3.76. The lowest BCUT2D eigenvalue weighted by atomic mass is 10.6. The Labute approximate surface area is 59.7 Å². The maximum absolute atomic E-state index is 5.38. The van der Waals surface area contributed by atoms with E-state index in [1.54, 1.807) is 12.4 Å². The fraction of sp³-hybridized carbons (Fsp3) is 0.333. The van der Waals surface area contributed by atoms with Gasteiger partial charge in [0, 0.05) is 14.1 Å². The second-order valence-electron chi connectivity index (χ2n) is 2.21. The van der Waals surface area contributed by atoms with E-state index in [4.69, 9.17) is 5.73 Å². The molecule has 1 heterocycles. The predicted molar refractivity (Wildman–Crippen MR) is 40.8 cm³/mol. The van der Waals surface area contributed by atoms with Crippen LogP contribution in [0.3, 0.4) is 0 Å². The highest BCUT2D eigenvalue weighted by molar-refractivity contribution is 5.36. The minimum Gasteiger partial charge on any atom is -0.396 e. The van der Waals surface area contributed by atoms with E-state index in [0.717, 1.165) is 0 Å². The van der Waals surface area contributed by atoms with Gasteiger partial charge in [0.1, 0.15) is 0 Å². The Morgan fingerprint density at radius 2 is 1.80 bits per heavy atom. The van der Waals surface area contributed by atoms with E-state index in [2.05, 4.69) is 9.97 Å². The highest BCUT2D eigenvalue weighted by atomic mass is 15.2. The molecule has 0 spiro atoms. The molecule has 4 heteroatoms. The van der Waals surface area contributed by atoms with Crippen molar-refractivity contribution in [2.24, 2.45) is 0 Å². The molecule has 0 fully saturated rings. The normalized spacial score (nSPS) is 9.40. The number of aromatic nitrogens is 2. The van der Waals surface area contributed by atoms with Crippen LogP contribution in [0.5, 0.6) is 0 Å². The SMILES string of the molecule is CN(C)c1ncc(N)cn1.